The lowest BCUT2D eigenvalue weighted by atomic mass is 10.1. The maximum atomic E-state index is 4.65. The molecule has 0 spiro atoms. The zero-order valence-corrected chi connectivity index (χ0v) is 13.5. The number of aromatic nitrogens is 2. The molecule has 20 heavy (non-hydrogen) atoms. The number of nitrogens with zero attached hydrogens (tertiary/aromatic N) is 2. The summed E-state index contributed by atoms with van der Waals surface area (Å²) in [5.41, 5.74) is 2.12. The van der Waals surface area contributed by atoms with E-state index in [1.807, 2.05) is 6.92 Å². The van der Waals surface area contributed by atoms with E-state index >= 15 is 0 Å². The second kappa shape index (κ2) is 6.84. The molecule has 0 aliphatic heterocycles. The first-order valence-corrected chi connectivity index (χ1v) is 8.13. The Morgan fingerprint density at radius 3 is 2.70 bits per heavy atom. The predicted octanol–water partition coefficient (Wildman–Crippen LogP) is 4.92. The Hall–Kier alpha value is -1.42. The summed E-state index contributed by atoms with van der Waals surface area (Å²) in [6.07, 6.45) is 2.23. The molecule has 0 fully saturated rings. The summed E-state index contributed by atoms with van der Waals surface area (Å²) in [5, 5.41) is 5.63. The lowest BCUT2D eigenvalue weighted by Gasteiger charge is -2.18. The third-order valence-electron chi connectivity index (χ3n) is 3.23. The first-order valence-electron chi connectivity index (χ1n) is 7.25. The van der Waals surface area contributed by atoms with E-state index < -0.39 is 0 Å². The summed E-state index contributed by atoms with van der Waals surface area (Å²) in [7, 11) is 0. The fourth-order valence-corrected chi connectivity index (χ4v) is 2.99. The number of nitrogens with one attached hydrogen (secondary N) is 1. The van der Waals surface area contributed by atoms with Gasteiger partial charge in [-0.15, -0.1) is 11.3 Å². The number of hydrogen-bond acceptors (Lipinski definition) is 4. The van der Waals surface area contributed by atoms with Gasteiger partial charge in [-0.05, 0) is 36.8 Å². The summed E-state index contributed by atoms with van der Waals surface area (Å²) in [6, 6.07) is 6.65. The Balaban J connectivity index is 2.22. The van der Waals surface area contributed by atoms with Crippen molar-refractivity contribution in [2.45, 2.75) is 52.5 Å². The Morgan fingerprint density at radius 2 is 2.10 bits per heavy atom. The van der Waals surface area contributed by atoms with Crippen LogP contribution in [0.1, 0.15) is 61.8 Å². The van der Waals surface area contributed by atoms with Crippen LogP contribution in [0, 0.1) is 6.92 Å². The Kier molecular flexibility index (Phi) is 5.12. The number of anilines is 1. The molecule has 0 aromatic carbocycles. The van der Waals surface area contributed by atoms with Crippen LogP contribution in [0.25, 0.3) is 0 Å². The standard InChI is InChI=1S/C16H23N3S/c1-5-7-13(15-8-6-9-20-15)18-16-17-12(4)10-14(19-16)11(2)3/h6,8-11,13H,5,7H2,1-4H3,(H,17,18,19). The van der Waals surface area contributed by atoms with Crippen molar-refractivity contribution in [2.75, 3.05) is 5.32 Å². The predicted molar refractivity (Wildman–Crippen MR) is 86.4 cm³/mol. The SMILES string of the molecule is CCCC(Nc1nc(C)cc(C(C)C)n1)c1cccs1. The number of thiophene rings is 1. The van der Waals surface area contributed by atoms with E-state index in [0.717, 1.165) is 30.2 Å². The average molecular weight is 289 g/mol. The zero-order valence-electron chi connectivity index (χ0n) is 12.7. The van der Waals surface area contributed by atoms with Crippen molar-refractivity contribution in [1.29, 1.82) is 0 Å². The minimum absolute atomic E-state index is 0.307. The molecule has 0 saturated heterocycles. The zero-order chi connectivity index (χ0) is 14.5. The number of hydrogen-bond donors (Lipinski definition) is 1. The van der Waals surface area contributed by atoms with Crippen LogP contribution >= 0.6 is 11.3 Å². The minimum Gasteiger partial charge on any atom is -0.347 e. The van der Waals surface area contributed by atoms with E-state index in [-0.39, 0.29) is 0 Å². The molecule has 1 N–H and O–H groups in total. The summed E-state index contributed by atoms with van der Waals surface area (Å²) < 4.78 is 0. The van der Waals surface area contributed by atoms with E-state index in [2.05, 4.69) is 59.6 Å². The van der Waals surface area contributed by atoms with Gasteiger partial charge < -0.3 is 5.32 Å². The van der Waals surface area contributed by atoms with Gasteiger partial charge in [0.1, 0.15) is 0 Å². The van der Waals surface area contributed by atoms with Crippen LogP contribution in [0.4, 0.5) is 5.95 Å². The van der Waals surface area contributed by atoms with Crippen LogP contribution in [0.5, 0.6) is 0 Å². The molecule has 1 unspecified atom stereocenters. The van der Waals surface area contributed by atoms with Crippen LogP contribution in [0.15, 0.2) is 23.6 Å². The molecule has 4 heteroatoms. The van der Waals surface area contributed by atoms with Crippen molar-refractivity contribution in [3.63, 3.8) is 0 Å². The molecule has 0 aliphatic carbocycles. The van der Waals surface area contributed by atoms with Crippen molar-refractivity contribution in [3.05, 3.63) is 39.8 Å². The molecule has 2 aromatic rings. The third-order valence-corrected chi connectivity index (χ3v) is 4.22. The molecule has 1 atom stereocenters. The van der Waals surface area contributed by atoms with Gasteiger partial charge in [-0.1, -0.05) is 33.3 Å². The largest absolute Gasteiger partial charge is 0.347 e. The van der Waals surface area contributed by atoms with Crippen LogP contribution < -0.4 is 5.32 Å². The molecule has 0 radical (unpaired) electrons. The van der Waals surface area contributed by atoms with Gasteiger partial charge in [0.15, 0.2) is 0 Å². The quantitative estimate of drug-likeness (QED) is 0.820. The second-order valence-electron chi connectivity index (χ2n) is 5.41. The molecule has 0 bridgehead atoms. The van der Waals surface area contributed by atoms with Crippen LogP contribution in [0.3, 0.4) is 0 Å². The first-order chi connectivity index (χ1) is 9.60. The number of aryl methyl sites for hydroxylation is 1. The van der Waals surface area contributed by atoms with Crippen molar-refractivity contribution in [1.82, 2.24) is 9.97 Å². The molecule has 2 aromatic heterocycles. The van der Waals surface area contributed by atoms with Crippen LogP contribution in [-0.2, 0) is 0 Å². The first kappa shape index (κ1) is 15.0. The highest BCUT2D eigenvalue weighted by molar-refractivity contribution is 7.10. The minimum atomic E-state index is 0.307. The van der Waals surface area contributed by atoms with Gasteiger partial charge in [0.2, 0.25) is 5.95 Å². The highest BCUT2D eigenvalue weighted by Gasteiger charge is 2.14. The maximum absolute atomic E-state index is 4.65. The summed E-state index contributed by atoms with van der Waals surface area (Å²) >= 11 is 1.79. The van der Waals surface area contributed by atoms with Crippen molar-refractivity contribution in [2.24, 2.45) is 0 Å². The molecule has 0 aliphatic rings. The van der Waals surface area contributed by atoms with E-state index in [4.69, 9.17) is 0 Å². The topological polar surface area (TPSA) is 37.8 Å². The average Bonchev–Trinajstić information content (AvgIpc) is 2.91. The molecule has 0 amide bonds. The normalized spacial score (nSPS) is 12.7. The smallest absolute Gasteiger partial charge is 0.223 e. The van der Waals surface area contributed by atoms with Crippen molar-refractivity contribution < 1.29 is 0 Å². The van der Waals surface area contributed by atoms with Gasteiger partial charge in [-0.3, -0.25) is 0 Å². The summed E-state index contributed by atoms with van der Waals surface area (Å²) in [4.78, 5) is 10.5. The molecular formula is C16H23N3S. The third kappa shape index (κ3) is 3.79. The molecule has 2 heterocycles. The van der Waals surface area contributed by atoms with Crippen LogP contribution in [-0.4, -0.2) is 9.97 Å². The lowest BCUT2D eigenvalue weighted by molar-refractivity contribution is 0.677. The Bertz CT molecular complexity index is 535. The van der Waals surface area contributed by atoms with Crippen molar-refractivity contribution >= 4 is 17.3 Å². The summed E-state index contributed by atoms with van der Waals surface area (Å²) in [6.45, 7) is 8.56. The number of rotatable bonds is 6. The van der Waals surface area contributed by atoms with E-state index in [1.54, 1.807) is 11.3 Å². The molecule has 3 nitrogen and oxygen atoms in total. The molecule has 2 rings (SSSR count). The van der Waals surface area contributed by atoms with Gasteiger partial charge in [0.05, 0.1) is 6.04 Å². The van der Waals surface area contributed by atoms with Crippen LogP contribution in [0.2, 0.25) is 0 Å². The van der Waals surface area contributed by atoms with Gasteiger partial charge in [-0.25, -0.2) is 9.97 Å². The van der Waals surface area contributed by atoms with E-state index in [0.29, 0.717) is 12.0 Å². The molecule has 0 saturated carbocycles. The summed E-state index contributed by atoms with van der Waals surface area (Å²) in [5.74, 6) is 1.17. The Labute approximate surface area is 125 Å². The van der Waals surface area contributed by atoms with E-state index in [1.165, 1.54) is 4.88 Å². The Morgan fingerprint density at radius 1 is 1.30 bits per heavy atom. The monoisotopic (exact) mass is 289 g/mol. The highest BCUT2D eigenvalue weighted by atomic mass is 32.1. The van der Waals surface area contributed by atoms with E-state index in [9.17, 15) is 0 Å². The highest BCUT2D eigenvalue weighted by Crippen LogP contribution is 2.26. The van der Waals surface area contributed by atoms with Gasteiger partial charge in [-0.2, -0.15) is 0 Å². The fourth-order valence-electron chi connectivity index (χ4n) is 2.17. The van der Waals surface area contributed by atoms with Gasteiger partial charge in [0, 0.05) is 16.3 Å². The molecular weight excluding hydrogens is 266 g/mol. The fraction of sp³-hybridized carbons (Fsp3) is 0.500. The van der Waals surface area contributed by atoms with Crippen molar-refractivity contribution in [3.8, 4) is 0 Å². The lowest BCUT2D eigenvalue weighted by Crippen LogP contribution is -2.13. The maximum Gasteiger partial charge on any atom is 0.223 e. The second-order valence-corrected chi connectivity index (χ2v) is 6.39. The molecule has 108 valence electrons. The van der Waals surface area contributed by atoms with Gasteiger partial charge in [0.25, 0.3) is 0 Å². The van der Waals surface area contributed by atoms with Gasteiger partial charge >= 0.3 is 0 Å².